The van der Waals surface area contributed by atoms with E-state index in [9.17, 15) is 4.79 Å². The van der Waals surface area contributed by atoms with Gasteiger partial charge in [-0.1, -0.05) is 18.2 Å². The first-order valence-electron chi connectivity index (χ1n) is 7.38. The van der Waals surface area contributed by atoms with Crippen LogP contribution in [0.3, 0.4) is 0 Å². The molecule has 0 aliphatic heterocycles. The van der Waals surface area contributed by atoms with Crippen LogP contribution in [0.2, 0.25) is 0 Å². The summed E-state index contributed by atoms with van der Waals surface area (Å²) in [5.74, 6) is 2.18. The zero-order chi connectivity index (χ0) is 16.5. The topological polar surface area (TPSA) is 56.8 Å². The highest BCUT2D eigenvalue weighted by Gasteiger charge is 2.05. The second-order valence-electron chi connectivity index (χ2n) is 4.86. The Morgan fingerprint density at radius 3 is 2.35 bits per heavy atom. The number of hydrogen-bond acceptors (Lipinski definition) is 4. The van der Waals surface area contributed by atoms with Crippen LogP contribution in [-0.2, 0) is 11.3 Å². The van der Waals surface area contributed by atoms with E-state index in [1.165, 1.54) is 0 Å². The minimum Gasteiger partial charge on any atom is -0.497 e. The summed E-state index contributed by atoms with van der Waals surface area (Å²) in [5.41, 5.74) is 0.944. The zero-order valence-electron chi connectivity index (χ0n) is 13.4. The number of carbonyl (C=O) groups excluding carboxylic acids is 1. The minimum absolute atomic E-state index is 0.0654. The Labute approximate surface area is 136 Å². The molecule has 0 atom stereocenters. The average Bonchev–Trinajstić information content (AvgIpc) is 2.60. The van der Waals surface area contributed by atoms with E-state index in [-0.39, 0.29) is 5.91 Å². The van der Waals surface area contributed by atoms with Gasteiger partial charge in [0.05, 0.1) is 27.2 Å². The standard InChI is InChI=1S/C18H21NO4/c1-21-15-7-9-16(10-8-15)23-12-11-18(20)19-13-14-5-3-4-6-17(14)22-2/h3-10H,11-13H2,1-2H3,(H,19,20). The molecule has 1 amide bonds. The third-order valence-electron chi connectivity index (χ3n) is 3.33. The van der Waals surface area contributed by atoms with Crippen LogP contribution >= 0.6 is 0 Å². The smallest absolute Gasteiger partial charge is 0.223 e. The van der Waals surface area contributed by atoms with Gasteiger partial charge in [-0.15, -0.1) is 0 Å². The molecular formula is C18H21NO4. The predicted octanol–water partition coefficient (Wildman–Crippen LogP) is 2.79. The molecule has 0 aliphatic carbocycles. The summed E-state index contributed by atoms with van der Waals surface area (Å²) in [6.45, 7) is 0.759. The lowest BCUT2D eigenvalue weighted by Gasteiger charge is -2.10. The Kier molecular flexibility index (Phi) is 6.29. The quantitative estimate of drug-likeness (QED) is 0.814. The van der Waals surface area contributed by atoms with Crippen molar-refractivity contribution in [3.05, 3.63) is 54.1 Å². The van der Waals surface area contributed by atoms with Crippen LogP contribution in [0.25, 0.3) is 0 Å². The molecule has 0 spiro atoms. The summed E-state index contributed by atoms with van der Waals surface area (Å²) in [6, 6.07) is 14.9. The molecule has 0 aliphatic rings. The molecule has 2 aromatic carbocycles. The van der Waals surface area contributed by atoms with E-state index in [1.54, 1.807) is 14.2 Å². The van der Waals surface area contributed by atoms with Crippen LogP contribution in [0, 0.1) is 0 Å². The number of amides is 1. The molecule has 5 heteroatoms. The molecule has 0 saturated carbocycles. The molecule has 0 saturated heterocycles. The van der Waals surface area contributed by atoms with Crippen LogP contribution in [0.15, 0.2) is 48.5 Å². The Morgan fingerprint density at radius 2 is 1.65 bits per heavy atom. The first kappa shape index (κ1) is 16.7. The van der Waals surface area contributed by atoms with Crippen molar-refractivity contribution in [3.63, 3.8) is 0 Å². The van der Waals surface area contributed by atoms with Gasteiger partial charge < -0.3 is 19.5 Å². The Hall–Kier alpha value is -2.69. The SMILES string of the molecule is COc1ccc(OCCC(=O)NCc2ccccc2OC)cc1. The molecule has 2 rings (SSSR count). The zero-order valence-corrected chi connectivity index (χ0v) is 13.4. The van der Waals surface area contributed by atoms with Gasteiger partial charge >= 0.3 is 0 Å². The summed E-state index contributed by atoms with van der Waals surface area (Å²) >= 11 is 0. The van der Waals surface area contributed by atoms with Crippen molar-refractivity contribution in [2.24, 2.45) is 0 Å². The van der Waals surface area contributed by atoms with E-state index < -0.39 is 0 Å². The summed E-state index contributed by atoms with van der Waals surface area (Å²) in [4.78, 5) is 11.9. The second-order valence-corrected chi connectivity index (χ2v) is 4.86. The van der Waals surface area contributed by atoms with E-state index >= 15 is 0 Å². The van der Waals surface area contributed by atoms with Crippen LogP contribution in [0.4, 0.5) is 0 Å². The lowest BCUT2D eigenvalue weighted by Crippen LogP contribution is -2.24. The number of hydrogen-bond donors (Lipinski definition) is 1. The van der Waals surface area contributed by atoms with Gasteiger partial charge in [0.15, 0.2) is 0 Å². The number of carbonyl (C=O) groups is 1. The number of ether oxygens (including phenoxy) is 3. The second kappa shape index (κ2) is 8.68. The molecule has 122 valence electrons. The lowest BCUT2D eigenvalue weighted by atomic mass is 10.2. The molecule has 0 heterocycles. The monoisotopic (exact) mass is 315 g/mol. The van der Waals surface area contributed by atoms with Crippen LogP contribution in [0.1, 0.15) is 12.0 Å². The number of nitrogens with one attached hydrogen (secondary N) is 1. The molecule has 0 fully saturated rings. The van der Waals surface area contributed by atoms with Gasteiger partial charge in [-0.05, 0) is 30.3 Å². The predicted molar refractivity (Wildman–Crippen MR) is 87.9 cm³/mol. The fraction of sp³-hybridized carbons (Fsp3) is 0.278. The highest BCUT2D eigenvalue weighted by atomic mass is 16.5. The third kappa shape index (κ3) is 5.21. The first-order chi connectivity index (χ1) is 11.2. The summed E-state index contributed by atoms with van der Waals surface area (Å²) in [6.07, 6.45) is 0.293. The Balaban J connectivity index is 1.72. The third-order valence-corrected chi connectivity index (χ3v) is 3.33. The number of rotatable bonds is 8. The van der Waals surface area contributed by atoms with Gasteiger partial charge in [-0.3, -0.25) is 4.79 Å². The number of para-hydroxylation sites is 1. The molecule has 1 N–H and O–H groups in total. The van der Waals surface area contributed by atoms with Crippen molar-refractivity contribution in [1.29, 1.82) is 0 Å². The Bertz CT molecular complexity index is 625. The summed E-state index contributed by atoms with van der Waals surface area (Å²) in [5, 5.41) is 2.86. The van der Waals surface area contributed by atoms with E-state index in [1.807, 2.05) is 48.5 Å². The van der Waals surface area contributed by atoms with Crippen molar-refractivity contribution in [2.45, 2.75) is 13.0 Å². The Morgan fingerprint density at radius 1 is 0.957 bits per heavy atom. The van der Waals surface area contributed by atoms with Gasteiger partial charge in [0, 0.05) is 12.1 Å². The normalized spacial score (nSPS) is 10.0. The average molecular weight is 315 g/mol. The van der Waals surface area contributed by atoms with E-state index in [0.29, 0.717) is 25.3 Å². The first-order valence-corrected chi connectivity index (χ1v) is 7.38. The molecular weight excluding hydrogens is 294 g/mol. The van der Waals surface area contributed by atoms with E-state index in [0.717, 1.165) is 17.1 Å². The summed E-state index contributed by atoms with van der Waals surface area (Å²) in [7, 11) is 3.23. The van der Waals surface area contributed by atoms with Crippen molar-refractivity contribution >= 4 is 5.91 Å². The fourth-order valence-corrected chi connectivity index (χ4v) is 2.06. The molecule has 0 radical (unpaired) electrons. The molecule has 0 bridgehead atoms. The van der Waals surface area contributed by atoms with Crippen molar-refractivity contribution in [3.8, 4) is 17.2 Å². The highest BCUT2D eigenvalue weighted by Crippen LogP contribution is 2.18. The highest BCUT2D eigenvalue weighted by molar-refractivity contribution is 5.76. The van der Waals surface area contributed by atoms with Crippen LogP contribution < -0.4 is 19.5 Å². The van der Waals surface area contributed by atoms with Gasteiger partial charge in [-0.25, -0.2) is 0 Å². The minimum atomic E-state index is -0.0654. The molecule has 0 aromatic heterocycles. The fourth-order valence-electron chi connectivity index (χ4n) is 2.06. The van der Waals surface area contributed by atoms with Crippen LogP contribution in [-0.4, -0.2) is 26.7 Å². The van der Waals surface area contributed by atoms with Gasteiger partial charge in [0.1, 0.15) is 17.2 Å². The van der Waals surface area contributed by atoms with Crippen LogP contribution in [0.5, 0.6) is 17.2 Å². The molecule has 0 unspecified atom stereocenters. The molecule has 2 aromatic rings. The van der Waals surface area contributed by atoms with E-state index in [4.69, 9.17) is 14.2 Å². The van der Waals surface area contributed by atoms with Gasteiger partial charge in [0.25, 0.3) is 0 Å². The lowest BCUT2D eigenvalue weighted by molar-refractivity contribution is -0.121. The number of methoxy groups -OCH3 is 2. The van der Waals surface area contributed by atoms with Crippen molar-refractivity contribution in [2.75, 3.05) is 20.8 Å². The van der Waals surface area contributed by atoms with Crippen molar-refractivity contribution in [1.82, 2.24) is 5.32 Å². The maximum atomic E-state index is 11.9. The molecule has 5 nitrogen and oxygen atoms in total. The maximum Gasteiger partial charge on any atom is 0.223 e. The number of benzene rings is 2. The van der Waals surface area contributed by atoms with Gasteiger partial charge in [-0.2, -0.15) is 0 Å². The molecule has 23 heavy (non-hydrogen) atoms. The van der Waals surface area contributed by atoms with E-state index in [2.05, 4.69) is 5.32 Å². The summed E-state index contributed by atoms with van der Waals surface area (Å²) < 4.78 is 15.9. The largest absolute Gasteiger partial charge is 0.497 e. The maximum absolute atomic E-state index is 11.9. The van der Waals surface area contributed by atoms with Crippen molar-refractivity contribution < 1.29 is 19.0 Å². The van der Waals surface area contributed by atoms with Gasteiger partial charge in [0.2, 0.25) is 5.91 Å².